The molecule has 2 rings (SSSR count). The Labute approximate surface area is 146 Å². The Morgan fingerprint density at radius 3 is 2.52 bits per heavy atom. The first-order chi connectivity index (χ1) is 9.88. The Kier molecular flexibility index (Phi) is 5.17. The van der Waals surface area contributed by atoms with Crippen LogP contribution in [0, 0.1) is 10.5 Å². The van der Waals surface area contributed by atoms with Crippen molar-refractivity contribution in [2.75, 3.05) is 5.32 Å². The predicted octanol–water partition coefficient (Wildman–Crippen LogP) is 3.11. The van der Waals surface area contributed by atoms with Crippen molar-refractivity contribution in [3.05, 3.63) is 44.2 Å². The van der Waals surface area contributed by atoms with E-state index in [0.717, 1.165) is 9.26 Å². The number of rotatable bonds is 2. The van der Waals surface area contributed by atoms with Gasteiger partial charge < -0.3 is 5.32 Å². The number of carbonyl (C=O) groups excluding carboxylic acids is 1. The summed E-state index contributed by atoms with van der Waals surface area (Å²) >= 11 is 13.4. The van der Waals surface area contributed by atoms with Gasteiger partial charge in [0, 0.05) is 16.3 Å². The molecular weight excluding hydrogens is 423 g/mol. The van der Waals surface area contributed by atoms with E-state index in [9.17, 15) is 4.79 Å². The summed E-state index contributed by atoms with van der Waals surface area (Å²) in [7, 11) is 1.66. The van der Waals surface area contributed by atoms with Gasteiger partial charge in [-0.3, -0.25) is 14.8 Å². The number of hydrogen-bond acceptors (Lipinski definition) is 3. The third kappa shape index (κ3) is 3.92. The molecule has 0 saturated carbocycles. The number of thiocarbonyl (C=S) groups is 1. The van der Waals surface area contributed by atoms with Crippen LogP contribution < -0.4 is 10.6 Å². The van der Waals surface area contributed by atoms with Gasteiger partial charge in [0.1, 0.15) is 5.69 Å². The lowest BCUT2D eigenvalue weighted by molar-refractivity contribution is 0.0968. The van der Waals surface area contributed by atoms with Gasteiger partial charge in [0.15, 0.2) is 5.11 Å². The quantitative estimate of drug-likeness (QED) is 0.563. The molecule has 1 aromatic heterocycles. The van der Waals surface area contributed by atoms with Gasteiger partial charge >= 0.3 is 0 Å². The molecule has 0 aliphatic carbocycles. The van der Waals surface area contributed by atoms with Crippen molar-refractivity contribution in [1.29, 1.82) is 0 Å². The number of carbonyl (C=O) groups is 1. The molecule has 5 nitrogen and oxygen atoms in total. The van der Waals surface area contributed by atoms with Crippen molar-refractivity contribution < 1.29 is 4.79 Å². The van der Waals surface area contributed by atoms with Gasteiger partial charge in [0.05, 0.1) is 10.7 Å². The third-order valence-electron chi connectivity index (χ3n) is 2.69. The molecule has 0 spiro atoms. The van der Waals surface area contributed by atoms with Gasteiger partial charge in [-0.05, 0) is 66.0 Å². The number of amides is 1. The number of anilines is 1. The Balaban J connectivity index is 2.05. The average Bonchev–Trinajstić information content (AvgIpc) is 2.66. The Morgan fingerprint density at radius 2 is 2.00 bits per heavy atom. The largest absolute Gasteiger partial charge is 0.332 e. The standard InChI is InChI=1S/C13H12ClIN4OS/c1-7-10(14)11(19(2)18-7)12(20)17-13(21)16-9-5-3-8(15)4-6-9/h3-6H,1-2H3,(H2,16,17,20,21). The van der Waals surface area contributed by atoms with Crippen LogP contribution >= 0.6 is 46.4 Å². The van der Waals surface area contributed by atoms with Crippen LogP contribution in [0.2, 0.25) is 5.02 Å². The van der Waals surface area contributed by atoms with E-state index < -0.39 is 5.91 Å². The van der Waals surface area contributed by atoms with Crippen molar-refractivity contribution in [3.8, 4) is 0 Å². The lowest BCUT2D eigenvalue weighted by Gasteiger charge is -2.10. The SMILES string of the molecule is Cc1nn(C)c(C(=O)NC(=S)Nc2ccc(I)cc2)c1Cl. The molecule has 0 unspecified atom stereocenters. The van der Waals surface area contributed by atoms with Crippen LogP contribution in [0.25, 0.3) is 0 Å². The molecule has 2 N–H and O–H groups in total. The van der Waals surface area contributed by atoms with Crippen LogP contribution in [-0.2, 0) is 7.05 Å². The van der Waals surface area contributed by atoms with Crippen molar-refractivity contribution in [2.24, 2.45) is 7.05 Å². The van der Waals surface area contributed by atoms with E-state index in [1.807, 2.05) is 24.3 Å². The molecule has 0 aliphatic heterocycles. The van der Waals surface area contributed by atoms with Crippen LogP contribution in [0.15, 0.2) is 24.3 Å². The smallest absolute Gasteiger partial charge is 0.277 e. The highest BCUT2D eigenvalue weighted by Crippen LogP contribution is 2.19. The van der Waals surface area contributed by atoms with Gasteiger partial charge in [0.25, 0.3) is 5.91 Å². The summed E-state index contributed by atoms with van der Waals surface area (Å²) < 4.78 is 2.55. The molecule has 0 aliphatic rings. The first kappa shape index (κ1) is 16.2. The molecule has 1 amide bonds. The molecule has 2 aromatic rings. The highest BCUT2D eigenvalue weighted by Gasteiger charge is 2.19. The molecular formula is C13H12ClIN4OS. The zero-order valence-electron chi connectivity index (χ0n) is 11.3. The second-order valence-electron chi connectivity index (χ2n) is 4.29. The normalized spacial score (nSPS) is 10.3. The maximum absolute atomic E-state index is 12.2. The molecule has 0 bridgehead atoms. The lowest BCUT2D eigenvalue weighted by atomic mass is 10.3. The number of aromatic nitrogens is 2. The average molecular weight is 435 g/mol. The first-order valence-corrected chi connectivity index (χ1v) is 7.82. The van der Waals surface area contributed by atoms with E-state index >= 15 is 0 Å². The van der Waals surface area contributed by atoms with Gasteiger partial charge in [-0.2, -0.15) is 5.10 Å². The minimum absolute atomic E-state index is 0.205. The second kappa shape index (κ2) is 6.71. The Bertz CT molecular complexity index is 699. The highest BCUT2D eigenvalue weighted by molar-refractivity contribution is 14.1. The van der Waals surface area contributed by atoms with Crippen LogP contribution in [0.5, 0.6) is 0 Å². The van der Waals surface area contributed by atoms with Gasteiger partial charge in [0.2, 0.25) is 0 Å². The number of halogens is 2. The predicted molar refractivity (Wildman–Crippen MR) is 95.8 cm³/mol. The fourth-order valence-corrected chi connectivity index (χ4v) is 2.55. The zero-order chi connectivity index (χ0) is 15.6. The van der Waals surface area contributed by atoms with Crippen LogP contribution in [-0.4, -0.2) is 20.8 Å². The molecule has 0 radical (unpaired) electrons. The summed E-state index contributed by atoms with van der Waals surface area (Å²) in [5.74, 6) is -0.397. The van der Waals surface area contributed by atoms with E-state index in [1.54, 1.807) is 14.0 Å². The monoisotopic (exact) mass is 434 g/mol. The van der Waals surface area contributed by atoms with Crippen molar-refractivity contribution in [1.82, 2.24) is 15.1 Å². The number of nitrogens with zero attached hydrogens (tertiary/aromatic N) is 2. The van der Waals surface area contributed by atoms with E-state index in [1.165, 1.54) is 4.68 Å². The first-order valence-electron chi connectivity index (χ1n) is 5.95. The molecule has 0 atom stereocenters. The van der Waals surface area contributed by atoms with E-state index in [4.69, 9.17) is 23.8 Å². The molecule has 0 fully saturated rings. The van der Waals surface area contributed by atoms with Crippen LogP contribution in [0.4, 0.5) is 5.69 Å². The van der Waals surface area contributed by atoms with Crippen LogP contribution in [0.3, 0.4) is 0 Å². The van der Waals surface area contributed by atoms with Crippen molar-refractivity contribution in [3.63, 3.8) is 0 Å². The van der Waals surface area contributed by atoms with Gasteiger partial charge in [-0.25, -0.2) is 0 Å². The summed E-state index contributed by atoms with van der Waals surface area (Å²) in [6.07, 6.45) is 0. The summed E-state index contributed by atoms with van der Waals surface area (Å²) in [6, 6.07) is 7.63. The minimum Gasteiger partial charge on any atom is -0.332 e. The number of hydrogen-bond donors (Lipinski definition) is 2. The number of aryl methyl sites for hydroxylation is 2. The second-order valence-corrected chi connectivity index (χ2v) is 6.32. The molecule has 110 valence electrons. The Morgan fingerprint density at radius 1 is 1.38 bits per heavy atom. The topological polar surface area (TPSA) is 59.0 Å². The van der Waals surface area contributed by atoms with Crippen LogP contribution in [0.1, 0.15) is 16.2 Å². The fraction of sp³-hybridized carbons (Fsp3) is 0.154. The molecule has 8 heteroatoms. The molecule has 21 heavy (non-hydrogen) atoms. The molecule has 1 heterocycles. The van der Waals surface area contributed by atoms with Crippen molar-refractivity contribution in [2.45, 2.75) is 6.92 Å². The molecule has 1 aromatic carbocycles. The fourth-order valence-electron chi connectivity index (χ4n) is 1.74. The van der Waals surface area contributed by atoms with E-state index in [-0.39, 0.29) is 10.8 Å². The zero-order valence-corrected chi connectivity index (χ0v) is 15.0. The number of nitrogens with one attached hydrogen (secondary N) is 2. The summed E-state index contributed by atoms with van der Waals surface area (Å²) in [4.78, 5) is 12.2. The molecule has 0 saturated heterocycles. The summed E-state index contributed by atoms with van der Waals surface area (Å²) in [5.41, 5.74) is 1.68. The van der Waals surface area contributed by atoms with Crippen molar-refractivity contribution >= 4 is 63.1 Å². The summed E-state index contributed by atoms with van der Waals surface area (Å²) in [5, 5.41) is 10.2. The summed E-state index contributed by atoms with van der Waals surface area (Å²) in [6.45, 7) is 1.74. The third-order valence-corrected chi connectivity index (χ3v) is 4.07. The number of benzene rings is 1. The maximum atomic E-state index is 12.2. The van der Waals surface area contributed by atoms with E-state index in [0.29, 0.717) is 10.7 Å². The highest BCUT2D eigenvalue weighted by atomic mass is 127. The van der Waals surface area contributed by atoms with Gasteiger partial charge in [-0.1, -0.05) is 11.6 Å². The lowest BCUT2D eigenvalue weighted by Crippen LogP contribution is -2.35. The van der Waals surface area contributed by atoms with E-state index in [2.05, 4.69) is 38.3 Å². The minimum atomic E-state index is -0.397. The maximum Gasteiger partial charge on any atom is 0.277 e. The Hall–Kier alpha value is -1.19. The van der Waals surface area contributed by atoms with Gasteiger partial charge in [-0.15, -0.1) is 0 Å².